The van der Waals surface area contributed by atoms with Crippen LogP contribution >= 0.6 is 0 Å². The maximum atomic E-state index is 12.8. The van der Waals surface area contributed by atoms with Crippen molar-refractivity contribution in [1.82, 2.24) is 0 Å². The summed E-state index contributed by atoms with van der Waals surface area (Å²) in [7, 11) is 1.32. The topological polar surface area (TPSA) is 73.9 Å². The highest BCUT2D eigenvalue weighted by molar-refractivity contribution is 5.99. The Hall–Kier alpha value is -2.08. The van der Waals surface area contributed by atoms with Gasteiger partial charge in [0.2, 0.25) is 0 Å². The molecule has 0 heterocycles. The molecule has 138 valence electrons. The zero-order valence-corrected chi connectivity index (χ0v) is 15.2. The van der Waals surface area contributed by atoms with Gasteiger partial charge in [-0.1, -0.05) is 6.92 Å². The van der Waals surface area contributed by atoms with Crippen LogP contribution in [-0.2, 0) is 14.3 Å². The number of carbonyl (C=O) groups is 2. The molecular weight excluding hydrogens is 322 g/mol. The number of esters is 1. The fourth-order valence-corrected chi connectivity index (χ4v) is 3.12. The van der Waals surface area contributed by atoms with E-state index in [0.717, 1.165) is 19.3 Å². The van der Waals surface area contributed by atoms with Gasteiger partial charge < -0.3 is 19.5 Å². The van der Waals surface area contributed by atoms with Crippen LogP contribution in [0.1, 0.15) is 56.3 Å². The van der Waals surface area contributed by atoms with Gasteiger partial charge in [0.25, 0.3) is 5.91 Å². The molecule has 2 rings (SSSR count). The second-order valence-corrected chi connectivity index (χ2v) is 6.14. The second-order valence-electron chi connectivity index (χ2n) is 6.14. The van der Waals surface area contributed by atoms with E-state index in [1.54, 1.807) is 18.2 Å². The molecule has 1 aliphatic carbocycles. The number of amides is 1. The van der Waals surface area contributed by atoms with Gasteiger partial charge in [0.05, 0.1) is 13.7 Å². The van der Waals surface area contributed by atoms with Crippen LogP contribution in [0, 0.1) is 0 Å². The van der Waals surface area contributed by atoms with Crippen LogP contribution < -0.4 is 10.1 Å². The number of nitrogens with one attached hydrogen (secondary N) is 1. The summed E-state index contributed by atoms with van der Waals surface area (Å²) in [6.45, 7) is 4.87. The number of methoxy groups -OCH3 is 1. The van der Waals surface area contributed by atoms with Crippen molar-refractivity contribution in [1.29, 1.82) is 0 Å². The quantitative estimate of drug-likeness (QED) is 0.727. The van der Waals surface area contributed by atoms with Crippen molar-refractivity contribution in [2.75, 3.05) is 25.6 Å². The van der Waals surface area contributed by atoms with Crippen molar-refractivity contribution in [3.63, 3.8) is 0 Å². The number of hydrogen-bond donors (Lipinski definition) is 1. The monoisotopic (exact) mass is 349 g/mol. The minimum absolute atomic E-state index is 0.162. The third-order valence-electron chi connectivity index (χ3n) is 4.35. The second kappa shape index (κ2) is 8.85. The Bertz CT molecular complexity index is 608. The normalized spacial score (nSPS) is 15.6. The highest BCUT2D eigenvalue weighted by atomic mass is 16.5. The lowest BCUT2D eigenvalue weighted by molar-refractivity contribution is -0.140. The lowest BCUT2D eigenvalue weighted by Crippen LogP contribution is -2.43. The van der Waals surface area contributed by atoms with Crippen LogP contribution in [0.5, 0.6) is 5.75 Å². The molecule has 1 aliphatic rings. The minimum atomic E-state index is -0.766. The fraction of sp³-hybridized carbons (Fsp3) is 0.579. The molecule has 0 spiro atoms. The first-order valence-corrected chi connectivity index (χ1v) is 8.87. The van der Waals surface area contributed by atoms with Crippen LogP contribution in [0.25, 0.3) is 0 Å². The molecule has 1 fully saturated rings. The van der Waals surface area contributed by atoms with E-state index in [2.05, 4.69) is 5.32 Å². The van der Waals surface area contributed by atoms with Crippen molar-refractivity contribution >= 4 is 17.6 Å². The van der Waals surface area contributed by atoms with Crippen LogP contribution in [0.3, 0.4) is 0 Å². The van der Waals surface area contributed by atoms with E-state index in [9.17, 15) is 9.59 Å². The minimum Gasteiger partial charge on any atom is -0.493 e. The largest absolute Gasteiger partial charge is 0.493 e. The molecule has 0 unspecified atom stereocenters. The highest BCUT2D eigenvalue weighted by Crippen LogP contribution is 2.35. The van der Waals surface area contributed by atoms with E-state index < -0.39 is 11.6 Å². The first-order valence-electron chi connectivity index (χ1n) is 8.87. The zero-order chi connectivity index (χ0) is 18.3. The zero-order valence-electron chi connectivity index (χ0n) is 15.2. The van der Waals surface area contributed by atoms with Crippen LogP contribution in [-0.4, -0.2) is 37.8 Å². The van der Waals surface area contributed by atoms with Crippen molar-refractivity contribution in [3.8, 4) is 5.75 Å². The van der Waals surface area contributed by atoms with E-state index >= 15 is 0 Å². The average Bonchev–Trinajstić information content (AvgIpc) is 3.10. The summed E-state index contributed by atoms with van der Waals surface area (Å²) in [4.78, 5) is 24.8. The van der Waals surface area contributed by atoms with Crippen molar-refractivity contribution in [2.45, 2.75) is 51.6 Å². The van der Waals surface area contributed by atoms with Crippen LogP contribution in [0.2, 0.25) is 0 Å². The molecule has 0 atom stereocenters. The maximum Gasteiger partial charge on any atom is 0.341 e. The summed E-state index contributed by atoms with van der Waals surface area (Å²) in [6.07, 6.45) is 4.22. The number of ether oxygens (including phenoxy) is 3. The molecule has 6 heteroatoms. The molecular formula is C19H27NO5. The van der Waals surface area contributed by atoms with Gasteiger partial charge in [-0.15, -0.1) is 0 Å². The summed E-state index contributed by atoms with van der Waals surface area (Å²) >= 11 is 0. The summed E-state index contributed by atoms with van der Waals surface area (Å²) in [5, 5.41) is 2.88. The number of carbonyl (C=O) groups excluding carboxylic acids is 2. The molecule has 1 saturated carbocycles. The van der Waals surface area contributed by atoms with Gasteiger partial charge in [-0.2, -0.15) is 0 Å². The van der Waals surface area contributed by atoms with Gasteiger partial charge in [0.1, 0.15) is 16.9 Å². The first kappa shape index (κ1) is 19.2. The predicted molar refractivity (Wildman–Crippen MR) is 95.0 cm³/mol. The summed E-state index contributed by atoms with van der Waals surface area (Å²) in [5.41, 5.74) is 0.0586. The van der Waals surface area contributed by atoms with E-state index in [1.807, 2.05) is 13.8 Å². The Labute approximate surface area is 148 Å². The fourth-order valence-electron chi connectivity index (χ4n) is 3.12. The third kappa shape index (κ3) is 4.51. The van der Waals surface area contributed by atoms with Gasteiger partial charge in [-0.3, -0.25) is 4.79 Å². The predicted octanol–water partition coefficient (Wildman–Crippen LogP) is 3.55. The summed E-state index contributed by atoms with van der Waals surface area (Å²) in [5.74, 6) is -0.209. The van der Waals surface area contributed by atoms with Gasteiger partial charge in [0, 0.05) is 12.3 Å². The number of hydrogen-bond acceptors (Lipinski definition) is 5. The van der Waals surface area contributed by atoms with Crippen molar-refractivity contribution in [3.05, 3.63) is 23.8 Å². The van der Waals surface area contributed by atoms with Gasteiger partial charge in [0.15, 0.2) is 0 Å². The van der Waals surface area contributed by atoms with E-state index in [4.69, 9.17) is 14.2 Å². The SMILES string of the molecule is CCCOc1ccc(NC(=O)C2(OCC)CCCC2)cc1C(=O)OC. The van der Waals surface area contributed by atoms with Crippen molar-refractivity contribution < 1.29 is 23.8 Å². The molecule has 1 aromatic carbocycles. The Morgan fingerprint density at radius 2 is 1.92 bits per heavy atom. The lowest BCUT2D eigenvalue weighted by atomic mass is 10.0. The van der Waals surface area contributed by atoms with E-state index in [-0.39, 0.29) is 5.91 Å². The van der Waals surface area contributed by atoms with Crippen LogP contribution in [0.4, 0.5) is 5.69 Å². The molecule has 0 saturated heterocycles. The molecule has 0 bridgehead atoms. The molecule has 1 amide bonds. The Morgan fingerprint density at radius 3 is 2.52 bits per heavy atom. The van der Waals surface area contributed by atoms with E-state index in [0.29, 0.717) is 43.1 Å². The third-order valence-corrected chi connectivity index (χ3v) is 4.35. The molecule has 0 aromatic heterocycles. The Morgan fingerprint density at radius 1 is 1.20 bits per heavy atom. The maximum absolute atomic E-state index is 12.8. The smallest absolute Gasteiger partial charge is 0.341 e. The van der Waals surface area contributed by atoms with Gasteiger partial charge in [-0.05, 0) is 57.2 Å². The summed E-state index contributed by atoms with van der Waals surface area (Å²) in [6, 6.07) is 4.99. The molecule has 25 heavy (non-hydrogen) atoms. The number of rotatable bonds is 8. The van der Waals surface area contributed by atoms with E-state index in [1.165, 1.54) is 7.11 Å². The molecule has 1 aromatic rings. The number of anilines is 1. The first-order chi connectivity index (χ1) is 12.1. The Kier molecular flexibility index (Phi) is 6.82. The standard InChI is InChI=1S/C19H27NO5/c1-4-12-24-16-9-8-14(13-15(16)17(21)23-3)20-18(22)19(25-5-2)10-6-7-11-19/h8-9,13H,4-7,10-12H2,1-3H3,(H,20,22). The van der Waals surface area contributed by atoms with Crippen LogP contribution in [0.15, 0.2) is 18.2 Å². The van der Waals surface area contributed by atoms with Crippen molar-refractivity contribution in [2.24, 2.45) is 0 Å². The molecule has 1 N–H and O–H groups in total. The highest BCUT2D eigenvalue weighted by Gasteiger charge is 2.42. The average molecular weight is 349 g/mol. The lowest BCUT2D eigenvalue weighted by Gasteiger charge is -2.27. The summed E-state index contributed by atoms with van der Waals surface area (Å²) < 4.78 is 16.2. The van der Waals surface area contributed by atoms with Gasteiger partial charge >= 0.3 is 5.97 Å². The molecule has 0 radical (unpaired) electrons. The van der Waals surface area contributed by atoms with Gasteiger partial charge in [-0.25, -0.2) is 4.79 Å². The Balaban J connectivity index is 2.21. The number of benzene rings is 1. The molecule has 0 aliphatic heterocycles. The molecule has 6 nitrogen and oxygen atoms in total.